The highest BCUT2D eigenvalue weighted by atomic mass is 19.1. The zero-order valence-corrected chi connectivity index (χ0v) is 10.2. The van der Waals surface area contributed by atoms with Gasteiger partial charge >= 0.3 is 0 Å². The van der Waals surface area contributed by atoms with Crippen molar-refractivity contribution in [1.82, 2.24) is 5.32 Å². The summed E-state index contributed by atoms with van der Waals surface area (Å²) in [6.07, 6.45) is 1.99. The van der Waals surface area contributed by atoms with Crippen LogP contribution in [-0.4, -0.2) is 19.7 Å². The summed E-state index contributed by atoms with van der Waals surface area (Å²) in [5.41, 5.74) is 0.622. The van der Waals surface area contributed by atoms with Gasteiger partial charge < -0.3 is 10.1 Å². The van der Waals surface area contributed by atoms with E-state index in [-0.39, 0.29) is 11.9 Å². The smallest absolute Gasteiger partial charge is 0.167 e. The first kappa shape index (κ1) is 13.0. The number of halogens is 1. The van der Waals surface area contributed by atoms with Crippen LogP contribution >= 0.6 is 0 Å². The van der Waals surface area contributed by atoms with E-state index in [0.29, 0.717) is 11.3 Å². The molecule has 1 rings (SSSR count). The summed E-state index contributed by atoms with van der Waals surface area (Å²) in [4.78, 5) is 0. The van der Waals surface area contributed by atoms with Crippen LogP contribution < -0.4 is 10.1 Å². The van der Waals surface area contributed by atoms with Crippen molar-refractivity contribution in [2.24, 2.45) is 0 Å². The van der Waals surface area contributed by atoms with Gasteiger partial charge in [-0.1, -0.05) is 25.5 Å². The molecular formula is C13H20FNO. The van der Waals surface area contributed by atoms with Gasteiger partial charge in [-0.3, -0.25) is 0 Å². The zero-order valence-electron chi connectivity index (χ0n) is 10.2. The van der Waals surface area contributed by atoms with E-state index < -0.39 is 0 Å². The monoisotopic (exact) mass is 225 g/mol. The number of nitrogens with one attached hydrogen (secondary N) is 1. The third-order valence-corrected chi connectivity index (χ3v) is 2.49. The molecule has 0 aliphatic rings. The number of rotatable bonds is 6. The summed E-state index contributed by atoms with van der Waals surface area (Å²) >= 11 is 0. The molecule has 0 aromatic heterocycles. The summed E-state index contributed by atoms with van der Waals surface area (Å²) in [5.74, 6) is 0.105. The lowest BCUT2D eigenvalue weighted by Gasteiger charge is -2.19. The minimum Gasteiger partial charge on any atom is -0.486 e. The maximum absolute atomic E-state index is 13.7. The van der Waals surface area contributed by atoms with Gasteiger partial charge in [0.15, 0.2) is 11.6 Å². The van der Waals surface area contributed by atoms with Crippen molar-refractivity contribution >= 4 is 0 Å². The van der Waals surface area contributed by atoms with Crippen LogP contribution in [0.15, 0.2) is 18.2 Å². The molecule has 0 radical (unpaired) electrons. The highest BCUT2D eigenvalue weighted by molar-refractivity contribution is 5.30. The number of hydrogen-bond acceptors (Lipinski definition) is 2. The zero-order chi connectivity index (χ0) is 12.0. The Labute approximate surface area is 96.8 Å². The maximum atomic E-state index is 13.7. The molecule has 0 amide bonds. The van der Waals surface area contributed by atoms with Crippen molar-refractivity contribution < 1.29 is 9.13 Å². The molecule has 1 N–H and O–H groups in total. The van der Waals surface area contributed by atoms with Crippen LogP contribution in [0.1, 0.15) is 25.3 Å². The van der Waals surface area contributed by atoms with Crippen molar-refractivity contribution in [2.45, 2.75) is 32.8 Å². The van der Waals surface area contributed by atoms with E-state index in [0.717, 1.165) is 19.4 Å². The Balaban J connectivity index is 2.72. The molecule has 0 saturated heterocycles. The van der Waals surface area contributed by atoms with Gasteiger partial charge in [-0.25, -0.2) is 4.39 Å². The topological polar surface area (TPSA) is 21.3 Å². The third kappa shape index (κ3) is 3.49. The second kappa shape index (κ2) is 6.48. The van der Waals surface area contributed by atoms with Crippen molar-refractivity contribution in [3.8, 4) is 5.75 Å². The number of aryl methyl sites for hydroxylation is 1. The summed E-state index contributed by atoms with van der Waals surface area (Å²) in [7, 11) is 1.87. The van der Waals surface area contributed by atoms with Crippen LogP contribution in [0.3, 0.4) is 0 Å². The standard InChI is InChI=1S/C13H20FNO/c1-4-6-11(9-15-3)16-12-8-5-7-10(2)13(12)14/h5,7-8,11,15H,4,6,9H2,1-3H3. The average Bonchev–Trinajstić information content (AvgIpc) is 2.25. The first-order valence-corrected chi connectivity index (χ1v) is 5.75. The molecule has 1 atom stereocenters. The molecule has 90 valence electrons. The molecule has 1 unspecified atom stereocenters. The van der Waals surface area contributed by atoms with Crippen molar-refractivity contribution in [3.05, 3.63) is 29.6 Å². The summed E-state index contributed by atoms with van der Waals surface area (Å²) in [6.45, 7) is 4.58. The van der Waals surface area contributed by atoms with Gasteiger partial charge in [0.1, 0.15) is 6.10 Å². The van der Waals surface area contributed by atoms with E-state index in [1.165, 1.54) is 0 Å². The van der Waals surface area contributed by atoms with Gasteiger partial charge in [0, 0.05) is 6.54 Å². The Morgan fingerprint density at radius 3 is 2.81 bits per heavy atom. The van der Waals surface area contributed by atoms with Crippen molar-refractivity contribution in [1.29, 1.82) is 0 Å². The number of ether oxygens (including phenoxy) is 1. The normalized spacial score (nSPS) is 12.5. The van der Waals surface area contributed by atoms with Crippen LogP contribution in [0.4, 0.5) is 4.39 Å². The number of likely N-dealkylation sites (N-methyl/N-ethyl adjacent to an activating group) is 1. The molecule has 16 heavy (non-hydrogen) atoms. The van der Waals surface area contributed by atoms with E-state index in [9.17, 15) is 4.39 Å². The Bertz CT molecular complexity index is 322. The molecule has 0 heterocycles. The van der Waals surface area contributed by atoms with E-state index in [1.807, 2.05) is 13.1 Å². The Morgan fingerprint density at radius 1 is 1.44 bits per heavy atom. The van der Waals surface area contributed by atoms with Crippen molar-refractivity contribution in [2.75, 3.05) is 13.6 Å². The highest BCUT2D eigenvalue weighted by Crippen LogP contribution is 2.21. The predicted octanol–water partition coefficient (Wildman–Crippen LogP) is 2.90. The molecule has 0 bridgehead atoms. The molecule has 1 aromatic carbocycles. The summed E-state index contributed by atoms with van der Waals surface area (Å²) in [5, 5.41) is 3.06. The van der Waals surface area contributed by atoms with Crippen LogP contribution in [0, 0.1) is 12.7 Å². The average molecular weight is 225 g/mol. The van der Waals surface area contributed by atoms with E-state index in [1.54, 1.807) is 19.1 Å². The van der Waals surface area contributed by atoms with Crippen LogP contribution in [0.5, 0.6) is 5.75 Å². The molecule has 0 aliphatic carbocycles. The second-order valence-electron chi connectivity index (χ2n) is 3.97. The quantitative estimate of drug-likeness (QED) is 0.803. The van der Waals surface area contributed by atoms with Gasteiger partial charge in [0.05, 0.1) is 0 Å². The Kier molecular flexibility index (Phi) is 5.26. The number of hydrogen-bond donors (Lipinski definition) is 1. The molecule has 0 fully saturated rings. The van der Waals surface area contributed by atoms with Gasteiger partial charge in [-0.2, -0.15) is 0 Å². The van der Waals surface area contributed by atoms with Crippen LogP contribution in [0.25, 0.3) is 0 Å². The fourth-order valence-corrected chi connectivity index (χ4v) is 1.64. The van der Waals surface area contributed by atoms with Crippen LogP contribution in [-0.2, 0) is 0 Å². The minimum atomic E-state index is -0.250. The lowest BCUT2D eigenvalue weighted by atomic mass is 10.2. The molecule has 2 nitrogen and oxygen atoms in total. The van der Waals surface area contributed by atoms with Crippen molar-refractivity contribution in [3.63, 3.8) is 0 Å². The molecular weight excluding hydrogens is 205 g/mol. The molecule has 0 aliphatic heterocycles. The lowest BCUT2D eigenvalue weighted by molar-refractivity contribution is 0.181. The van der Waals surface area contributed by atoms with Gasteiger partial charge in [-0.15, -0.1) is 0 Å². The lowest BCUT2D eigenvalue weighted by Crippen LogP contribution is -2.29. The first-order chi connectivity index (χ1) is 7.69. The minimum absolute atomic E-state index is 0.0336. The summed E-state index contributed by atoms with van der Waals surface area (Å²) in [6, 6.07) is 5.24. The molecule has 0 spiro atoms. The van der Waals surface area contributed by atoms with Gasteiger partial charge in [0.2, 0.25) is 0 Å². The van der Waals surface area contributed by atoms with Crippen LogP contribution in [0.2, 0.25) is 0 Å². The first-order valence-electron chi connectivity index (χ1n) is 5.75. The second-order valence-corrected chi connectivity index (χ2v) is 3.97. The van der Waals surface area contributed by atoms with E-state index >= 15 is 0 Å². The molecule has 1 aromatic rings. The van der Waals surface area contributed by atoms with Gasteiger partial charge in [-0.05, 0) is 32.0 Å². The van der Waals surface area contributed by atoms with Gasteiger partial charge in [0.25, 0.3) is 0 Å². The largest absolute Gasteiger partial charge is 0.486 e. The van der Waals surface area contributed by atoms with E-state index in [2.05, 4.69) is 12.2 Å². The third-order valence-electron chi connectivity index (χ3n) is 2.49. The van der Waals surface area contributed by atoms with E-state index in [4.69, 9.17) is 4.74 Å². The molecule has 0 saturated carbocycles. The fourth-order valence-electron chi connectivity index (χ4n) is 1.64. The highest BCUT2D eigenvalue weighted by Gasteiger charge is 2.12. The number of benzene rings is 1. The predicted molar refractivity (Wildman–Crippen MR) is 64.4 cm³/mol. The SMILES string of the molecule is CCCC(CNC)Oc1cccc(C)c1F. The fraction of sp³-hybridized carbons (Fsp3) is 0.538. The maximum Gasteiger partial charge on any atom is 0.167 e. The Hall–Kier alpha value is -1.09. The Morgan fingerprint density at radius 2 is 2.19 bits per heavy atom. The summed E-state index contributed by atoms with van der Waals surface area (Å²) < 4.78 is 19.4. The molecule has 3 heteroatoms.